The molecule has 0 aromatic heterocycles. The predicted molar refractivity (Wildman–Crippen MR) is 31.2 cm³/mol. The fourth-order valence-corrected chi connectivity index (χ4v) is 0.0680. The third-order valence-corrected chi connectivity index (χ3v) is 0.235. The minimum Gasteiger partial charge on any atom is -0.468 e. The summed E-state index contributed by atoms with van der Waals surface area (Å²) in [5, 5.41) is 0. The molecular weight excluding hydrogens is 92.1 g/mol. The van der Waals surface area contributed by atoms with Gasteiger partial charge in [-0.15, -0.1) is 0 Å². The van der Waals surface area contributed by atoms with E-state index in [0.717, 1.165) is 0 Å². The Morgan fingerprint density at radius 1 is 1.57 bits per heavy atom. The maximum Gasteiger partial charge on any atom is 0.293 e. The molecule has 0 amide bonds. The summed E-state index contributed by atoms with van der Waals surface area (Å²) < 4.78 is 4.15. The van der Waals surface area contributed by atoms with Crippen molar-refractivity contribution in [3.63, 3.8) is 0 Å². The smallest absolute Gasteiger partial charge is 0.293 e. The van der Waals surface area contributed by atoms with Crippen LogP contribution in [0.5, 0.6) is 0 Å². The average molecular weight is 106 g/mol. The molecule has 7 heavy (non-hydrogen) atoms. The van der Waals surface area contributed by atoms with Gasteiger partial charge in [-0.1, -0.05) is 14.9 Å². The summed E-state index contributed by atoms with van der Waals surface area (Å²) >= 11 is 0. The van der Waals surface area contributed by atoms with Crippen molar-refractivity contribution in [1.29, 1.82) is 0 Å². The molecule has 0 aromatic carbocycles. The van der Waals surface area contributed by atoms with Crippen molar-refractivity contribution >= 4 is 6.47 Å². The van der Waals surface area contributed by atoms with E-state index in [1.165, 1.54) is 0 Å². The SMILES string of the molecule is C.C.CCOC=O. The molecule has 0 atom stereocenters. The van der Waals surface area contributed by atoms with Gasteiger partial charge in [-0.3, -0.25) is 4.79 Å². The number of hydrogen-bond donors (Lipinski definition) is 0. The second kappa shape index (κ2) is 17.9. The highest BCUT2D eigenvalue weighted by Gasteiger charge is 1.60. The van der Waals surface area contributed by atoms with Gasteiger partial charge in [0.25, 0.3) is 6.47 Å². The Labute approximate surface area is 45.5 Å². The summed E-state index contributed by atoms with van der Waals surface area (Å²) in [6, 6.07) is 0. The van der Waals surface area contributed by atoms with Crippen LogP contribution >= 0.6 is 0 Å². The van der Waals surface area contributed by atoms with Gasteiger partial charge >= 0.3 is 0 Å². The Bertz CT molecular complexity index is 27.3. The molecule has 0 rings (SSSR count). The molecule has 0 aliphatic carbocycles. The fraction of sp³-hybridized carbons (Fsp3) is 0.800. The molecule has 0 aromatic rings. The summed E-state index contributed by atoms with van der Waals surface area (Å²) in [6.07, 6.45) is 0. The topological polar surface area (TPSA) is 26.3 Å². The van der Waals surface area contributed by atoms with Crippen LogP contribution in [-0.4, -0.2) is 13.1 Å². The minimum absolute atomic E-state index is 0. The summed E-state index contributed by atoms with van der Waals surface area (Å²) in [6.45, 7) is 2.66. The van der Waals surface area contributed by atoms with Crippen molar-refractivity contribution in [3.8, 4) is 0 Å². The average Bonchev–Trinajstić information content (AvgIpc) is 1.41. The lowest BCUT2D eigenvalue weighted by molar-refractivity contribution is -0.128. The first-order valence-corrected chi connectivity index (χ1v) is 1.47. The fourth-order valence-electron chi connectivity index (χ4n) is 0.0680. The molecule has 2 nitrogen and oxygen atoms in total. The molecule has 0 unspecified atom stereocenters. The van der Waals surface area contributed by atoms with Crippen LogP contribution in [0.1, 0.15) is 21.8 Å². The van der Waals surface area contributed by atoms with E-state index in [0.29, 0.717) is 13.1 Å². The maximum atomic E-state index is 9.18. The number of hydrogen-bond acceptors (Lipinski definition) is 2. The molecule has 0 aliphatic heterocycles. The van der Waals surface area contributed by atoms with E-state index >= 15 is 0 Å². The van der Waals surface area contributed by atoms with Crippen LogP contribution in [0.2, 0.25) is 0 Å². The van der Waals surface area contributed by atoms with Crippen molar-refractivity contribution in [3.05, 3.63) is 0 Å². The van der Waals surface area contributed by atoms with Gasteiger partial charge in [0.2, 0.25) is 0 Å². The Balaban J connectivity index is -0.0000000800. The second-order valence-corrected chi connectivity index (χ2v) is 0.552. The number of carbonyl (C=O) groups excluding carboxylic acids is 1. The zero-order chi connectivity index (χ0) is 4.12. The maximum absolute atomic E-state index is 9.18. The molecule has 0 saturated carbocycles. The van der Waals surface area contributed by atoms with Gasteiger partial charge in [-0.2, -0.15) is 0 Å². The lowest BCUT2D eigenvalue weighted by Crippen LogP contribution is -1.80. The third kappa shape index (κ3) is 30.5. The molecule has 0 N–H and O–H groups in total. The molecule has 0 saturated heterocycles. The van der Waals surface area contributed by atoms with Crippen molar-refractivity contribution in [2.45, 2.75) is 21.8 Å². The summed E-state index contributed by atoms with van der Waals surface area (Å²) in [5.41, 5.74) is 0. The van der Waals surface area contributed by atoms with Crippen LogP contribution in [0.3, 0.4) is 0 Å². The van der Waals surface area contributed by atoms with Gasteiger partial charge in [0.15, 0.2) is 0 Å². The van der Waals surface area contributed by atoms with Crippen molar-refractivity contribution in [2.24, 2.45) is 0 Å². The largest absolute Gasteiger partial charge is 0.468 e. The first kappa shape index (κ1) is 16.1. The second-order valence-electron chi connectivity index (χ2n) is 0.552. The van der Waals surface area contributed by atoms with Crippen molar-refractivity contribution in [2.75, 3.05) is 6.61 Å². The molecule has 0 fully saturated rings. The lowest BCUT2D eigenvalue weighted by Gasteiger charge is -1.79. The Morgan fingerprint density at radius 2 is 2.00 bits per heavy atom. The molecule has 46 valence electrons. The van der Waals surface area contributed by atoms with Crippen molar-refractivity contribution < 1.29 is 9.53 Å². The van der Waals surface area contributed by atoms with Gasteiger partial charge in [-0.05, 0) is 6.92 Å². The first-order valence-electron chi connectivity index (χ1n) is 1.47. The van der Waals surface area contributed by atoms with Crippen LogP contribution < -0.4 is 0 Å². The van der Waals surface area contributed by atoms with Gasteiger partial charge < -0.3 is 4.74 Å². The zero-order valence-electron chi connectivity index (χ0n) is 3.10. The van der Waals surface area contributed by atoms with Gasteiger partial charge in [0.1, 0.15) is 0 Å². The number of rotatable bonds is 2. The van der Waals surface area contributed by atoms with Crippen LogP contribution in [0.4, 0.5) is 0 Å². The third-order valence-electron chi connectivity index (χ3n) is 0.235. The predicted octanol–water partition coefficient (Wildman–Crippen LogP) is 1.45. The summed E-state index contributed by atoms with van der Waals surface area (Å²) in [4.78, 5) is 9.18. The van der Waals surface area contributed by atoms with E-state index in [1.807, 2.05) is 0 Å². The van der Waals surface area contributed by atoms with Gasteiger partial charge in [0.05, 0.1) is 6.61 Å². The Hall–Kier alpha value is -0.530. The Morgan fingerprint density at radius 3 is 2.00 bits per heavy atom. The van der Waals surface area contributed by atoms with E-state index in [1.54, 1.807) is 6.92 Å². The van der Waals surface area contributed by atoms with Crippen LogP contribution in [0.25, 0.3) is 0 Å². The van der Waals surface area contributed by atoms with E-state index in [9.17, 15) is 4.79 Å². The number of carbonyl (C=O) groups is 1. The number of ether oxygens (including phenoxy) is 1. The summed E-state index contributed by atoms with van der Waals surface area (Å²) in [7, 11) is 0. The minimum atomic E-state index is 0. The van der Waals surface area contributed by atoms with Gasteiger partial charge in [0, 0.05) is 0 Å². The summed E-state index contributed by atoms with van der Waals surface area (Å²) in [5.74, 6) is 0. The highest BCUT2D eigenvalue weighted by atomic mass is 16.5. The van der Waals surface area contributed by atoms with Gasteiger partial charge in [-0.25, -0.2) is 0 Å². The van der Waals surface area contributed by atoms with E-state index in [-0.39, 0.29) is 14.9 Å². The Kier molecular flexibility index (Phi) is 41.1. The molecule has 0 heterocycles. The van der Waals surface area contributed by atoms with E-state index in [4.69, 9.17) is 0 Å². The van der Waals surface area contributed by atoms with Crippen molar-refractivity contribution in [1.82, 2.24) is 0 Å². The standard InChI is InChI=1S/C3H6O2.2CH4/c1-2-5-3-4;;/h3H,2H2,1H3;2*1H4. The highest BCUT2D eigenvalue weighted by Crippen LogP contribution is 1.55. The molecule has 2 heteroatoms. The molecular formula is C5H14O2. The normalized spacial score (nSPS) is 4.71. The quantitative estimate of drug-likeness (QED) is 0.498. The molecule has 0 radical (unpaired) electrons. The monoisotopic (exact) mass is 106 g/mol. The molecule has 0 aliphatic rings. The molecule has 0 bridgehead atoms. The zero-order valence-corrected chi connectivity index (χ0v) is 3.10. The lowest BCUT2D eigenvalue weighted by atomic mass is 10.9. The van der Waals surface area contributed by atoms with Crippen LogP contribution in [0, 0.1) is 0 Å². The first-order chi connectivity index (χ1) is 2.41. The van der Waals surface area contributed by atoms with Crippen LogP contribution in [0.15, 0.2) is 0 Å². The van der Waals surface area contributed by atoms with E-state index < -0.39 is 0 Å². The highest BCUT2D eigenvalue weighted by molar-refractivity contribution is 5.36. The van der Waals surface area contributed by atoms with E-state index in [2.05, 4.69) is 4.74 Å². The molecule has 0 spiro atoms. The van der Waals surface area contributed by atoms with Crippen LogP contribution in [-0.2, 0) is 9.53 Å².